The van der Waals surface area contributed by atoms with Gasteiger partial charge >= 0.3 is 0 Å². The van der Waals surface area contributed by atoms with Crippen molar-refractivity contribution in [2.24, 2.45) is 0 Å². The van der Waals surface area contributed by atoms with Gasteiger partial charge in [-0.15, -0.1) is 0 Å². The third-order valence-corrected chi connectivity index (χ3v) is 5.70. The van der Waals surface area contributed by atoms with E-state index in [0.717, 1.165) is 54.9 Å². The molecule has 2 aliphatic carbocycles. The molecule has 1 aromatic carbocycles. The largest absolute Gasteiger partial charge is 0.289 e. The summed E-state index contributed by atoms with van der Waals surface area (Å²) in [5.41, 5.74) is 5.20. The lowest BCUT2D eigenvalue weighted by Crippen LogP contribution is -2.48. The second-order valence-electron chi connectivity index (χ2n) is 6.87. The van der Waals surface area contributed by atoms with Crippen LogP contribution in [-0.4, -0.2) is 47.9 Å². The zero-order chi connectivity index (χ0) is 18.7. The number of carbonyl (C=O) groups is 1. The minimum Gasteiger partial charge on any atom is -0.289 e. The maximum Gasteiger partial charge on any atom is 0.189 e. The number of carbonyl (C=O) groups excluding carboxylic acids is 1. The van der Waals surface area contributed by atoms with Crippen molar-refractivity contribution >= 4 is 17.4 Å². The van der Waals surface area contributed by atoms with E-state index in [1.54, 1.807) is 0 Å². The van der Waals surface area contributed by atoms with Gasteiger partial charge in [0.15, 0.2) is 5.78 Å². The number of rotatable bonds is 8. The molecule has 3 nitrogen and oxygen atoms in total. The van der Waals surface area contributed by atoms with Crippen LogP contribution in [0.4, 0.5) is 0 Å². The van der Waals surface area contributed by atoms with E-state index in [2.05, 4.69) is 67.9 Å². The number of Topliss-reactive ketones (excluding diaryl/α,β-unsaturated/α-hetero) is 1. The van der Waals surface area contributed by atoms with Gasteiger partial charge < -0.3 is 0 Å². The maximum absolute atomic E-state index is 13.2. The van der Waals surface area contributed by atoms with Crippen LogP contribution < -0.4 is 0 Å². The van der Waals surface area contributed by atoms with Crippen LogP contribution >= 0.6 is 0 Å². The van der Waals surface area contributed by atoms with Gasteiger partial charge in [0.1, 0.15) is 0 Å². The molecule has 2 aliphatic rings. The summed E-state index contributed by atoms with van der Waals surface area (Å²) >= 11 is 0. The molecule has 0 atom stereocenters. The maximum atomic E-state index is 13.2. The number of allylic oxidation sites excluding steroid dienone is 4. The average molecular weight is 351 g/mol. The normalized spacial score (nSPS) is 16.0. The smallest absolute Gasteiger partial charge is 0.189 e. The topological polar surface area (TPSA) is 23.6 Å². The Hall–Kier alpha value is -1.97. The van der Waals surface area contributed by atoms with Crippen molar-refractivity contribution in [1.82, 2.24) is 9.80 Å². The highest BCUT2D eigenvalue weighted by Crippen LogP contribution is 2.40. The van der Waals surface area contributed by atoms with Gasteiger partial charge in [0.2, 0.25) is 0 Å². The van der Waals surface area contributed by atoms with Crippen molar-refractivity contribution in [3.8, 4) is 0 Å². The predicted molar refractivity (Wildman–Crippen MR) is 110 cm³/mol. The predicted octanol–water partition coefficient (Wildman–Crippen LogP) is 4.38. The molecule has 0 radical (unpaired) electrons. The molecule has 0 bridgehead atoms. The number of hydrogen-bond donors (Lipinski definition) is 0. The molecule has 0 unspecified atom stereocenters. The van der Waals surface area contributed by atoms with Crippen molar-refractivity contribution in [2.45, 2.75) is 40.3 Å². The number of fused-ring (bicyclic) bond motifs is 3. The Bertz CT molecular complexity index is 752. The van der Waals surface area contributed by atoms with E-state index in [1.807, 2.05) is 12.1 Å². The van der Waals surface area contributed by atoms with Crippen LogP contribution in [0.1, 0.15) is 45.2 Å². The van der Waals surface area contributed by atoms with Crippen LogP contribution in [0.25, 0.3) is 11.6 Å². The second-order valence-corrected chi connectivity index (χ2v) is 6.87. The Labute approximate surface area is 157 Å². The van der Waals surface area contributed by atoms with Crippen LogP contribution in [0.3, 0.4) is 0 Å². The van der Waals surface area contributed by atoms with Crippen LogP contribution in [-0.2, 0) is 4.79 Å². The number of nitrogens with zero attached hydrogens (tertiary/aromatic N) is 2. The van der Waals surface area contributed by atoms with Gasteiger partial charge in [0, 0.05) is 17.6 Å². The summed E-state index contributed by atoms with van der Waals surface area (Å²) in [5, 5.41) is 0. The van der Waals surface area contributed by atoms with Crippen molar-refractivity contribution in [1.29, 1.82) is 0 Å². The SMILES string of the molecule is CCN(CC)C(CC1=CC=C2C(=Cc3ccccc32)C1=O)N(CC)CC. The van der Waals surface area contributed by atoms with E-state index in [4.69, 9.17) is 0 Å². The van der Waals surface area contributed by atoms with E-state index < -0.39 is 0 Å². The quantitative estimate of drug-likeness (QED) is 0.650. The van der Waals surface area contributed by atoms with E-state index in [1.165, 1.54) is 5.56 Å². The molecule has 0 saturated heterocycles. The standard InChI is InChI=1S/C23H30N2O/c1-5-24(6-2)22(25(7-3)8-4)16-18-13-14-20-19-12-10-9-11-17(19)15-21(20)23(18)26/h9-15,22H,5-8,16H2,1-4H3. The lowest BCUT2D eigenvalue weighted by molar-refractivity contribution is -0.112. The van der Waals surface area contributed by atoms with Gasteiger partial charge in [-0.2, -0.15) is 0 Å². The molecule has 3 heteroatoms. The lowest BCUT2D eigenvalue weighted by atomic mass is 9.89. The van der Waals surface area contributed by atoms with Gasteiger partial charge in [-0.05, 0) is 49.0 Å². The molecule has 0 N–H and O–H groups in total. The zero-order valence-corrected chi connectivity index (χ0v) is 16.5. The highest BCUT2D eigenvalue weighted by molar-refractivity contribution is 6.25. The Morgan fingerprint density at radius 1 is 0.846 bits per heavy atom. The molecule has 0 spiro atoms. The monoisotopic (exact) mass is 350 g/mol. The Morgan fingerprint density at radius 3 is 2.08 bits per heavy atom. The van der Waals surface area contributed by atoms with Crippen molar-refractivity contribution in [3.63, 3.8) is 0 Å². The Balaban J connectivity index is 1.89. The van der Waals surface area contributed by atoms with E-state index in [9.17, 15) is 4.79 Å². The van der Waals surface area contributed by atoms with Crippen molar-refractivity contribution in [2.75, 3.05) is 26.2 Å². The Kier molecular flexibility index (Phi) is 5.90. The molecular weight excluding hydrogens is 320 g/mol. The highest BCUT2D eigenvalue weighted by atomic mass is 16.1. The van der Waals surface area contributed by atoms with E-state index in [-0.39, 0.29) is 11.9 Å². The third kappa shape index (κ3) is 3.34. The zero-order valence-electron chi connectivity index (χ0n) is 16.5. The van der Waals surface area contributed by atoms with Crippen LogP contribution in [0, 0.1) is 0 Å². The minimum absolute atomic E-state index is 0.197. The summed E-state index contributed by atoms with van der Waals surface area (Å²) in [5.74, 6) is 0.197. The summed E-state index contributed by atoms with van der Waals surface area (Å²) in [6.07, 6.45) is 7.29. The summed E-state index contributed by atoms with van der Waals surface area (Å²) in [4.78, 5) is 18.1. The average Bonchev–Trinajstić information content (AvgIpc) is 3.05. The lowest BCUT2D eigenvalue weighted by Gasteiger charge is -2.38. The summed E-state index contributed by atoms with van der Waals surface area (Å²) in [6, 6.07) is 8.26. The van der Waals surface area contributed by atoms with Crippen molar-refractivity contribution < 1.29 is 4.79 Å². The van der Waals surface area contributed by atoms with Gasteiger partial charge in [0.25, 0.3) is 0 Å². The molecular formula is C23H30N2O. The molecule has 0 fully saturated rings. The summed E-state index contributed by atoms with van der Waals surface area (Å²) in [7, 11) is 0. The molecule has 0 heterocycles. The third-order valence-electron chi connectivity index (χ3n) is 5.70. The molecule has 3 rings (SSSR count). The molecule has 0 saturated carbocycles. The molecule has 0 aromatic heterocycles. The number of hydrogen-bond acceptors (Lipinski definition) is 3. The first-order valence-corrected chi connectivity index (χ1v) is 9.89. The Morgan fingerprint density at radius 2 is 1.46 bits per heavy atom. The number of ketones is 1. The fourth-order valence-corrected chi connectivity index (χ4v) is 4.18. The molecule has 1 aromatic rings. The van der Waals surface area contributed by atoms with Gasteiger partial charge in [-0.1, -0.05) is 64.1 Å². The fourth-order valence-electron chi connectivity index (χ4n) is 4.18. The first-order valence-electron chi connectivity index (χ1n) is 9.89. The minimum atomic E-state index is 0.197. The first-order chi connectivity index (χ1) is 12.6. The number of benzene rings is 1. The molecule has 138 valence electrons. The molecule has 0 aliphatic heterocycles. The van der Waals surface area contributed by atoms with Gasteiger partial charge in [-0.25, -0.2) is 0 Å². The van der Waals surface area contributed by atoms with E-state index >= 15 is 0 Å². The highest BCUT2D eigenvalue weighted by Gasteiger charge is 2.31. The molecule has 0 amide bonds. The summed E-state index contributed by atoms with van der Waals surface area (Å²) in [6.45, 7) is 12.8. The van der Waals surface area contributed by atoms with E-state index in [0.29, 0.717) is 0 Å². The molecule has 26 heavy (non-hydrogen) atoms. The fraction of sp³-hybridized carbons (Fsp3) is 0.435. The van der Waals surface area contributed by atoms with Gasteiger partial charge in [-0.3, -0.25) is 14.6 Å². The van der Waals surface area contributed by atoms with Crippen LogP contribution in [0.2, 0.25) is 0 Å². The summed E-state index contributed by atoms with van der Waals surface area (Å²) < 4.78 is 0. The van der Waals surface area contributed by atoms with Crippen molar-refractivity contribution in [3.05, 3.63) is 58.7 Å². The first kappa shape index (κ1) is 18.8. The van der Waals surface area contributed by atoms with Gasteiger partial charge in [0.05, 0.1) is 6.17 Å². The van der Waals surface area contributed by atoms with Crippen LogP contribution in [0.15, 0.2) is 47.6 Å². The van der Waals surface area contributed by atoms with Crippen LogP contribution in [0.5, 0.6) is 0 Å². The second kappa shape index (κ2) is 8.15.